The van der Waals surface area contributed by atoms with E-state index in [1.165, 1.54) is 0 Å². The highest BCUT2D eigenvalue weighted by atomic mass is 35.5. The Morgan fingerprint density at radius 1 is 1.35 bits per heavy atom. The number of benzene rings is 1. The van der Waals surface area contributed by atoms with Gasteiger partial charge in [0.15, 0.2) is 0 Å². The zero-order valence-electron chi connectivity index (χ0n) is 10.8. The smallest absolute Gasteiger partial charge is 0.242 e. The molecule has 1 aromatic heterocycles. The van der Waals surface area contributed by atoms with Crippen LogP contribution in [-0.4, -0.2) is 5.91 Å². The molecule has 1 amide bonds. The number of nitrogens with one attached hydrogen (secondary N) is 1. The van der Waals surface area contributed by atoms with Crippen LogP contribution >= 0.6 is 34.5 Å². The van der Waals surface area contributed by atoms with Crippen LogP contribution in [-0.2, 0) is 16.9 Å². The van der Waals surface area contributed by atoms with E-state index in [-0.39, 0.29) is 0 Å². The summed E-state index contributed by atoms with van der Waals surface area (Å²) in [6.45, 7) is 2.24. The minimum absolute atomic E-state index is 0.342. The molecule has 0 spiro atoms. The van der Waals surface area contributed by atoms with E-state index >= 15 is 0 Å². The SMILES string of the molecule is CC(NCc1cccs1)(C(N)=O)c1cccc(Cl)c1Cl. The third kappa shape index (κ3) is 2.99. The second-order valence-corrected chi connectivity index (χ2v) is 6.34. The second-order valence-electron chi connectivity index (χ2n) is 4.52. The summed E-state index contributed by atoms with van der Waals surface area (Å²) < 4.78 is 0. The first-order valence-corrected chi connectivity index (χ1v) is 7.60. The normalized spacial score (nSPS) is 13.9. The van der Waals surface area contributed by atoms with E-state index in [0.717, 1.165) is 4.88 Å². The number of rotatable bonds is 5. The summed E-state index contributed by atoms with van der Waals surface area (Å²) in [6.07, 6.45) is 0. The molecule has 1 heterocycles. The van der Waals surface area contributed by atoms with Crippen molar-refractivity contribution in [2.45, 2.75) is 19.0 Å². The summed E-state index contributed by atoms with van der Waals surface area (Å²) >= 11 is 13.8. The van der Waals surface area contributed by atoms with E-state index in [1.54, 1.807) is 36.5 Å². The summed E-state index contributed by atoms with van der Waals surface area (Å²) in [7, 11) is 0. The zero-order valence-corrected chi connectivity index (χ0v) is 13.1. The van der Waals surface area contributed by atoms with E-state index in [4.69, 9.17) is 28.9 Å². The van der Waals surface area contributed by atoms with Crippen molar-refractivity contribution in [2.75, 3.05) is 0 Å². The number of amides is 1. The quantitative estimate of drug-likeness (QED) is 0.881. The van der Waals surface area contributed by atoms with E-state index in [9.17, 15) is 4.79 Å². The third-order valence-corrected chi connectivity index (χ3v) is 4.87. The lowest BCUT2D eigenvalue weighted by atomic mass is 9.91. The Morgan fingerprint density at radius 2 is 2.10 bits per heavy atom. The van der Waals surface area contributed by atoms with Gasteiger partial charge < -0.3 is 5.73 Å². The van der Waals surface area contributed by atoms with Gasteiger partial charge in [0.05, 0.1) is 10.0 Å². The Bertz CT molecular complexity index is 616. The van der Waals surface area contributed by atoms with Crippen molar-refractivity contribution in [2.24, 2.45) is 5.73 Å². The highest BCUT2D eigenvalue weighted by molar-refractivity contribution is 7.09. The molecule has 20 heavy (non-hydrogen) atoms. The number of nitrogens with two attached hydrogens (primary N) is 1. The average molecular weight is 329 g/mol. The van der Waals surface area contributed by atoms with Crippen molar-refractivity contribution in [3.63, 3.8) is 0 Å². The zero-order chi connectivity index (χ0) is 14.8. The highest BCUT2D eigenvalue weighted by Gasteiger charge is 2.35. The van der Waals surface area contributed by atoms with E-state index < -0.39 is 11.4 Å². The van der Waals surface area contributed by atoms with Crippen LogP contribution in [0.3, 0.4) is 0 Å². The molecule has 0 aliphatic carbocycles. The maximum atomic E-state index is 11.9. The Labute approximate surface area is 131 Å². The number of carbonyl (C=O) groups is 1. The topological polar surface area (TPSA) is 55.1 Å². The van der Waals surface area contributed by atoms with E-state index in [1.807, 2.05) is 17.5 Å². The second kappa shape index (κ2) is 6.14. The third-order valence-electron chi connectivity index (χ3n) is 3.18. The Hall–Kier alpha value is -1.07. The van der Waals surface area contributed by atoms with Crippen LogP contribution in [0.1, 0.15) is 17.4 Å². The summed E-state index contributed by atoms with van der Waals surface area (Å²) in [5.74, 6) is -0.502. The molecule has 3 nitrogen and oxygen atoms in total. The van der Waals surface area contributed by atoms with Gasteiger partial charge in [-0.1, -0.05) is 41.4 Å². The molecule has 106 valence electrons. The van der Waals surface area contributed by atoms with Gasteiger partial charge in [-0.15, -0.1) is 11.3 Å². The van der Waals surface area contributed by atoms with Crippen molar-refractivity contribution in [1.82, 2.24) is 5.32 Å². The molecule has 1 atom stereocenters. The first kappa shape index (κ1) is 15.3. The lowest BCUT2D eigenvalue weighted by molar-refractivity contribution is -0.124. The minimum atomic E-state index is -1.08. The van der Waals surface area contributed by atoms with Crippen molar-refractivity contribution in [3.05, 3.63) is 56.2 Å². The molecular formula is C14H14Cl2N2OS. The number of hydrogen-bond donors (Lipinski definition) is 2. The molecule has 0 fully saturated rings. The lowest BCUT2D eigenvalue weighted by Crippen LogP contribution is -2.50. The Morgan fingerprint density at radius 3 is 2.70 bits per heavy atom. The molecule has 0 saturated carbocycles. The highest BCUT2D eigenvalue weighted by Crippen LogP contribution is 2.33. The predicted octanol–water partition coefficient (Wildman–Crippen LogP) is 3.55. The average Bonchev–Trinajstić information content (AvgIpc) is 2.92. The van der Waals surface area contributed by atoms with Crippen LogP contribution in [0, 0.1) is 0 Å². The molecule has 0 aliphatic heterocycles. The summed E-state index contributed by atoms with van der Waals surface area (Å²) in [5, 5.41) is 5.89. The fraction of sp³-hybridized carbons (Fsp3) is 0.214. The minimum Gasteiger partial charge on any atom is -0.368 e. The number of thiophene rings is 1. The predicted molar refractivity (Wildman–Crippen MR) is 84.2 cm³/mol. The van der Waals surface area contributed by atoms with Gasteiger partial charge in [-0.25, -0.2) is 0 Å². The van der Waals surface area contributed by atoms with Crippen LogP contribution in [0.25, 0.3) is 0 Å². The van der Waals surface area contributed by atoms with E-state index in [0.29, 0.717) is 22.2 Å². The van der Waals surface area contributed by atoms with Crippen molar-refractivity contribution >= 4 is 40.4 Å². The van der Waals surface area contributed by atoms with E-state index in [2.05, 4.69) is 5.32 Å². The molecule has 1 unspecified atom stereocenters. The van der Waals surface area contributed by atoms with Crippen LogP contribution in [0.5, 0.6) is 0 Å². The van der Waals surface area contributed by atoms with Gasteiger partial charge in [0.2, 0.25) is 5.91 Å². The largest absolute Gasteiger partial charge is 0.368 e. The van der Waals surface area contributed by atoms with Gasteiger partial charge in [-0.05, 0) is 24.4 Å². The summed E-state index contributed by atoms with van der Waals surface area (Å²) in [5.41, 5.74) is 5.06. The molecule has 2 aromatic rings. The first-order valence-electron chi connectivity index (χ1n) is 5.97. The van der Waals surface area contributed by atoms with Crippen LogP contribution in [0.15, 0.2) is 35.7 Å². The molecule has 0 radical (unpaired) electrons. The van der Waals surface area contributed by atoms with Gasteiger partial charge in [0.25, 0.3) is 0 Å². The fourth-order valence-electron chi connectivity index (χ4n) is 1.88. The van der Waals surface area contributed by atoms with Crippen molar-refractivity contribution in [1.29, 1.82) is 0 Å². The van der Waals surface area contributed by atoms with Crippen molar-refractivity contribution in [3.8, 4) is 0 Å². The van der Waals surface area contributed by atoms with Gasteiger partial charge in [-0.3, -0.25) is 10.1 Å². The molecule has 0 bridgehead atoms. The van der Waals surface area contributed by atoms with Gasteiger partial charge >= 0.3 is 0 Å². The fourth-order valence-corrected chi connectivity index (χ4v) is 3.02. The molecule has 3 N–H and O–H groups in total. The molecule has 6 heteroatoms. The summed E-state index contributed by atoms with van der Waals surface area (Å²) in [4.78, 5) is 13.0. The molecule has 0 aliphatic rings. The van der Waals surface area contributed by atoms with Gasteiger partial charge in [0.1, 0.15) is 5.54 Å². The maximum absolute atomic E-state index is 11.9. The first-order chi connectivity index (χ1) is 9.45. The summed E-state index contributed by atoms with van der Waals surface area (Å²) in [6, 6.07) is 9.11. The van der Waals surface area contributed by atoms with Crippen LogP contribution in [0.2, 0.25) is 10.0 Å². The van der Waals surface area contributed by atoms with Crippen molar-refractivity contribution < 1.29 is 4.79 Å². The van der Waals surface area contributed by atoms with Crippen LogP contribution in [0.4, 0.5) is 0 Å². The lowest BCUT2D eigenvalue weighted by Gasteiger charge is -2.29. The number of hydrogen-bond acceptors (Lipinski definition) is 3. The molecule has 0 saturated heterocycles. The maximum Gasteiger partial charge on any atom is 0.242 e. The van der Waals surface area contributed by atoms with Crippen LogP contribution < -0.4 is 11.1 Å². The monoisotopic (exact) mass is 328 g/mol. The Kier molecular flexibility index (Phi) is 4.70. The number of carbonyl (C=O) groups excluding carboxylic acids is 1. The molecule has 2 rings (SSSR count). The molecule has 1 aromatic carbocycles. The number of primary amides is 1. The Balaban J connectivity index is 2.33. The number of halogens is 2. The van der Waals surface area contributed by atoms with Gasteiger partial charge in [-0.2, -0.15) is 0 Å². The van der Waals surface area contributed by atoms with Gasteiger partial charge in [0, 0.05) is 17.0 Å². The molecular weight excluding hydrogens is 315 g/mol. The standard InChI is InChI=1S/C14H14Cl2N2OS/c1-14(13(17)19,18-8-9-4-3-7-20-9)10-5-2-6-11(15)12(10)16/h2-7,18H,8H2,1H3,(H2,17,19).